The van der Waals surface area contributed by atoms with Gasteiger partial charge in [0.1, 0.15) is 5.01 Å². The van der Waals surface area contributed by atoms with Gasteiger partial charge in [0, 0.05) is 18.4 Å². The summed E-state index contributed by atoms with van der Waals surface area (Å²) in [4.78, 5) is 42.0. The Bertz CT molecular complexity index is 1080. The third kappa shape index (κ3) is 3.30. The van der Waals surface area contributed by atoms with Gasteiger partial charge >= 0.3 is 0 Å². The van der Waals surface area contributed by atoms with Gasteiger partial charge in [0.25, 0.3) is 0 Å². The summed E-state index contributed by atoms with van der Waals surface area (Å²) in [5, 5.41) is 10.0. The van der Waals surface area contributed by atoms with Gasteiger partial charge in [-0.2, -0.15) is 5.26 Å². The number of imide groups is 1. The maximum absolute atomic E-state index is 12.8. The second kappa shape index (κ2) is 7.33. The summed E-state index contributed by atoms with van der Waals surface area (Å²) in [5.41, 5.74) is 1.92. The molecule has 7 heteroatoms. The first-order valence-corrected chi connectivity index (χ1v) is 9.60. The lowest BCUT2D eigenvalue weighted by Gasteiger charge is -2.14. The number of hydrogen-bond acceptors (Lipinski definition) is 6. The largest absolute Gasteiger partial charge is 0.292 e. The molecule has 1 aliphatic heterocycles. The van der Waals surface area contributed by atoms with Gasteiger partial charge in [0.15, 0.2) is 11.7 Å². The second-order valence-electron chi connectivity index (χ2n) is 6.52. The predicted octanol–water partition coefficient (Wildman–Crippen LogP) is 3.44. The topological polar surface area (TPSA) is 91.1 Å². The SMILES string of the molecule is N#CC(C(=O)c1ccc(CN2C(=O)CCC2=O)cc1)c1nc2ccccc2s1. The minimum atomic E-state index is -0.968. The van der Waals surface area contributed by atoms with Gasteiger partial charge < -0.3 is 0 Å². The van der Waals surface area contributed by atoms with Crippen molar-refractivity contribution < 1.29 is 14.4 Å². The molecule has 2 amide bonds. The van der Waals surface area contributed by atoms with Crippen LogP contribution in [0.5, 0.6) is 0 Å². The molecule has 2 aromatic carbocycles. The number of nitriles is 1. The highest BCUT2D eigenvalue weighted by Crippen LogP contribution is 2.29. The van der Waals surface area contributed by atoms with Crippen molar-refractivity contribution in [3.8, 4) is 6.07 Å². The number of thiazole rings is 1. The third-order valence-electron chi connectivity index (χ3n) is 4.68. The number of para-hydroxylation sites is 1. The minimum absolute atomic E-state index is 0.175. The molecule has 0 aliphatic carbocycles. The number of aromatic nitrogens is 1. The smallest absolute Gasteiger partial charge is 0.229 e. The molecule has 4 rings (SSSR count). The monoisotopic (exact) mass is 389 g/mol. The molecule has 0 N–H and O–H groups in total. The fourth-order valence-corrected chi connectivity index (χ4v) is 4.17. The van der Waals surface area contributed by atoms with Gasteiger partial charge in [0.05, 0.1) is 22.8 Å². The van der Waals surface area contributed by atoms with Crippen LogP contribution in [0.25, 0.3) is 10.2 Å². The Morgan fingerprint density at radius 1 is 1.11 bits per heavy atom. The molecule has 1 aliphatic rings. The highest BCUT2D eigenvalue weighted by atomic mass is 32.1. The first kappa shape index (κ1) is 18.0. The summed E-state index contributed by atoms with van der Waals surface area (Å²) in [6.07, 6.45) is 0.503. The minimum Gasteiger partial charge on any atom is -0.292 e. The van der Waals surface area contributed by atoms with Gasteiger partial charge in [-0.15, -0.1) is 11.3 Å². The average molecular weight is 389 g/mol. The molecule has 1 fully saturated rings. The van der Waals surface area contributed by atoms with E-state index in [-0.39, 0.29) is 37.0 Å². The van der Waals surface area contributed by atoms with Crippen LogP contribution in [0.1, 0.15) is 39.7 Å². The fraction of sp³-hybridized carbons (Fsp3) is 0.190. The molecule has 3 aromatic rings. The predicted molar refractivity (Wildman–Crippen MR) is 104 cm³/mol. The normalized spacial score (nSPS) is 15.0. The third-order valence-corrected chi connectivity index (χ3v) is 5.78. The first-order chi connectivity index (χ1) is 13.6. The second-order valence-corrected chi connectivity index (χ2v) is 7.58. The molecule has 1 aromatic heterocycles. The van der Waals surface area contributed by atoms with Crippen LogP contribution >= 0.6 is 11.3 Å². The van der Waals surface area contributed by atoms with Crippen LogP contribution in [-0.4, -0.2) is 27.5 Å². The van der Waals surface area contributed by atoms with Crippen LogP contribution in [0.2, 0.25) is 0 Å². The fourth-order valence-electron chi connectivity index (χ4n) is 3.16. The number of hydrogen-bond donors (Lipinski definition) is 0. The number of rotatable bonds is 5. The van der Waals surface area contributed by atoms with Crippen LogP contribution in [0.4, 0.5) is 0 Å². The highest BCUT2D eigenvalue weighted by molar-refractivity contribution is 7.18. The lowest BCUT2D eigenvalue weighted by Crippen LogP contribution is -2.28. The van der Waals surface area contributed by atoms with Crippen molar-refractivity contribution in [2.45, 2.75) is 25.3 Å². The highest BCUT2D eigenvalue weighted by Gasteiger charge is 2.29. The van der Waals surface area contributed by atoms with Crippen LogP contribution in [0.15, 0.2) is 48.5 Å². The summed E-state index contributed by atoms with van der Waals surface area (Å²) < 4.78 is 0.931. The van der Waals surface area contributed by atoms with E-state index in [0.717, 1.165) is 15.8 Å². The number of fused-ring (bicyclic) bond motifs is 1. The van der Waals surface area contributed by atoms with Crippen molar-refractivity contribution >= 4 is 39.2 Å². The van der Waals surface area contributed by atoms with Crippen LogP contribution in [0, 0.1) is 11.3 Å². The maximum atomic E-state index is 12.8. The van der Waals surface area contributed by atoms with E-state index in [9.17, 15) is 19.6 Å². The molecule has 0 spiro atoms. The summed E-state index contributed by atoms with van der Waals surface area (Å²) in [5.74, 6) is -1.64. The number of ketones is 1. The van der Waals surface area contributed by atoms with Crippen LogP contribution in [-0.2, 0) is 16.1 Å². The number of nitrogens with zero attached hydrogens (tertiary/aromatic N) is 3. The Kier molecular flexibility index (Phi) is 4.72. The van der Waals surface area contributed by atoms with E-state index in [1.165, 1.54) is 16.2 Å². The molecule has 28 heavy (non-hydrogen) atoms. The molecule has 2 heterocycles. The van der Waals surface area contributed by atoms with Crippen molar-refractivity contribution in [1.82, 2.24) is 9.88 Å². The Hall–Kier alpha value is -3.37. The molecule has 0 saturated carbocycles. The van der Waals surface area contributed by atoms with Crippen molar-refractivity contribution in [2.24, 2.45) is 0 Å². The summed E-state index contributed by atoms with van der Waals surface area (Å²) >= 11 is 1.34. The molecule has 1 unspecified atom stereocenters. The average Bonchev–Trinajstić information content (AvgIpc) is 3.27. The molecule has 1 atom stereocenters. The molecule has 0 bridgehead atoms. The summed E-state index contributed by atoms with van der Waals surface area (Å²) in [6, 6.07) is 16.2. The maximum Gasteiger partial charge on any atom is 0.229 e. The molecular formula is C21H15N3O3S. The summed E-state index contributed by atoms with van der Waals surface area (Å²) in [6.45, 7) is 0.200. The zero-order valence-corrected chi connectivity index (χ0v) is 15.6. The summed E-state index contributed by atoms with van der Waals surface area (Å²) in [7, 11) is 0. The molecule has 6 nitrogen and oxygen atoms in total. The van der Waals surface area contributed by atoms with Crippen molar-refractivity contribution in [1.29, 1.82) is 5.26 Å². The van der Waals surface area contributed by atoms with Crippen LogP contribution < -0.4 is 0 Å². The van der Waals surface area contributed by atoms with E-state index in [4.69, 9.17) is 0 Å². The van der Waals surface area contributed by atoms with Gasteiger partial charge in [-0.3, -0.25) is 19.3 Å². The molecule has 0 radical (unpaired) electrons. The van der Waals surface area contributed by atoms with E-state index in [1.807, 2.05) is 24.3 Å². The molecule has 138 valence electrons. The van der Waals surface area contributed by atoms with Gasteiger partial charge in [-0.1, -0.05) is 36.4 Å². The van der Waals surface area contributed by atoms with Gasteiger partial charge in [0.2, 0.25) is 11.8 Å². The lowest BCUT2D eigenvalue weighted by molar-refractivity contribution is -0.139. The van der Waals surface area contributed by atoms with E-state index in [1.54, 1.807) is 24.3 Å². The Labute approximate surface area is 165 Å². The number of likely N-dealkylation sites (tertiary alicyclic amines) is 1. The van der Waals surface area contributed by atoms with Crippen LogP contribution in [0.3, 0.4) is 0 Å². The Morgan fingerprint density at radius 3 is 2.43 bits per heavy atom. The zero-order valence-electron chi connectivity index (χ0n) is 14.8. The van der Waals surface area contributed by atoms with Gasteiger partial charge in [-0.05, 0) is 17.7 Å². The number of carbonyl (C=O) groups excluding carboxylic acids is 3. The quantitative estimate of drug-likeness (QED) is 0.492. The Balaban J connectivity index is 1.54. The first-order valence-electron chi connectivity index (χ1n) is 8.78. The van der Waals surface area contributed by atoms with Crippen molar-refractivity contribution in [3.63, 3.8) is 0 Å². The zero-order chi connectivity index (χ0) is 19.7. The molecular weight excluding hydrogens is 374 g/mol. The van der Waals surface area contributed by atoms with Gasteiger partial charge in [-0.25, -0.2) is 4.98 Å². The van der Waals surface area contributed by atoms with E-state index in [0.29, 0.717) is 10.6 Å². The van der Waals surface area contributed by atoms with Crippen molar-refractivity contribution in [2.75, 3.05) is 0 Å². The standard InChI is InChI=1S/C21H15N3O3S/c22-11-15(21-23-16-3-1-2-4-17(16)28-21)20(27)14-7-5-13(6-8-14)12-24-18(25)9-10-19(24)26/h1-8,15H,9-10,12H2. The number of benzene rings is 2. The number of amides is 2. The number of carbonyl (C=O) groups is 3. The lowest BCUT2D eigenvalue weighted by atomic mass is 9.98. The van der Waals surface area contributed by atoms with E-state index >= 15 is 0 Å². The molecule has 1 saturated heterocycles. The number of Topliss-reactive ketones (excluding diaryl/α,β-unsaturated/α-hetero) is 1. The van der Waals surface area contributed by atoms with Crippen molar-refractivity contribution in [3.05, 3.63) is 64.7 Å². The van der Waals surface area contributed by atoms with E-state index in [2.05, 4.69) is 11.1 Å². The van der Waals surface area contributed by atoms with E-state index < -0.39 is 5.92 Å². The Morgan fingerprint density at radius 2 is 1.79 bits per heavy atom.